The Labute approximate surface area is 123 Å². The van der Waals surface area contributed by atoms with Gasteiger partial charge in [0.05, 0.1) is 17.8 Å². The zero-order valence-corrected chi connectivity index (χ0v) is 12.4. The van der Waals surface area contributed by atoms with Crippen molar-refractivity contribution >= 4 is 5.91 Å². The molecule has 0 spiro atoms. The number of nitrogens with zero attached hydrogens (tertiary/aromatic N) is 5. The van der Waals surface area contributed by atoms with Crippen LogP contribution in [-0.4, -0.2) is 62.1 Å². The average molecular weight is 288 g/mol. The van der Waals surface area contributed by atoms with Gasteiger partial charge >= 0.3 is 0 Å². The highest BCUT2D eigenvalue weighted by Gasteiger charge is 2.30. The summed E-state index contributed by atoms with van der Waals surface area (Å²) in [6.07, 6.45) is 7.01. The molecule has 0 unspecified atom stereocenters. The molecule has 1 amide bonds. The predicted octanol–water partition coefficient (Wildman–Crippen LogP) is 0.755. The van der Waals surface area contributed by atoms with Crippen LogP contribution in [0.1, 0.15) is 29.1 Å². The van der Waals surface area contributed by atoms with Gasteiger partial charge in [-0.1, -0.05) is 0 Å². The molecule has 0 radical (unpaired) electrons. The number of aromatic amines is 1. The second kappa shape index (κ2) is 5.69. The Hall–Kier alpha value is -2.15. The lowest BCUT2D eigenvalue weighted by atomic mass is 10.1. The summed E-state index contributed by atoms with van der Waals surface area (Å²) in [7, 11) is 2.06. The molecule has 0 aromatic carbocycles. The Kier molecular flexibility index (Phi) is 3.74. The topological polar surface area (TPSA) is 70.1 Å². The summed E-state index contributed by atoms with van der Waals surface area (Å²) in [5, 5.41) is 4.17. The minimum absolute atomic E-state index is 0.0411. The molecule has 21 heavy (non-hydrogen) atoms. The number of H-pyrrole nitrogens is 1. The summed E-state index contributed by atoms with van der Waals surface area (Å²) in [6, 6.07) is 0.110. The monoisotopic (exact) mass is 288 g/mol. The van der Waals surface area contributed by atoms with Crippen LogP contribution in [0.15, 0.2) is 24.8 Å². The van der Waals surface area contributed by atoms with Gasteiger partial charge in [0.2, 0.25) is 0 Å². The van der Waals surface area contributed by atoms with E-state index < -0.39 is 0 Å². The SMILES string of the molecule is CCn1cc(C(=O)N2CCN(C)[C@@H](c3ncc[nH]3)C2)cn1. The van der Waals surface area contributed by atoms with Crippen LogP contribution in [0, 0.1) is 0 Å². The van der Waals surface area contributed by atoms with E-state index in [1.165, 1.54) is 0 Å². The third-order valence-electron chi connectivity index (χ3n) is 3.97. The predicted molar refractivity (Wildman–Crippen MR) is 77.8 cm³/mol. The van der Waals surface area contributed by atoms with Gasteiger partial charge in [0.25, 0.3) is 5.91 Å². The quantitative estimate of drug-likeness (QED) is 0.905. The maximum Gasteiger partial charge on any atom is 0.257 e. The van der Waals surface area contributed by atoms with Gasteiger partial charge in [0.15, 0.2) is 0 Å². The molecule has 112 valence electrons. The molecule has 2 aromatic rings. The summed E-state index contributed by atoms with van der Waals surface area (Å²) < 4.78 is 1.77. The van der Waals surface area contributed by atoms with Crippen molar-refractivity contribution in [3.63, 3.8) is 0 Å². The van der Waals surface area contributed by atoms with Crippen LogP contribution in [0.5, 0.6) is 0 Å². The second-order valence-corrected chi connectivity index (χ2v) is 5.31. The number of hydrogen-bond donors (Lipinski definition) is 1. The van der Waals surface area contributed by atoms with E-state index >= 15 is 0 Å². The van der Waals surface area contributed by atoms with Gasteiger partial charge < -0.3 is 9.88 Å². The van der Waals surface area contributed by atoms with Crippen molar-refractivity contribution in [2.24, 2.45) is 0 Å². The Bertz CT molecular complexity index is 605. The first-order valence-corrected chi connectivity index (χ1v) is 7.20. The van der Waals surface area contributed by atoms with Crippen molar-refractivity contribution in [3.05, 3.63) is 36.2 Å². The molecule has 3 heterocycles. The smallest absolute Gasteiger partial charge is 0.257 e. The van der Waals surface area contributed by atoms with Crippen LogP contribution in [0.4, 0.5) is 0 Å². The standard InChI is InChI=1S/C14H20N6O/c1-3-20-9-11(8-17-20)14(21)19-7-6-18(2)12(10-19)13-15-4-5-16-13/h4-5,8-9,12H,3,6-7,10H2,1-2H3,(H,15,16)/t12-/m1/s1. The molecule has 1 atom stereocenters. The van der Waals surface area contributed by atoms with Crippen molar-refractivity contribution in [2.45, 2.75) is 19.5 Å². The van der Waals surface area contributed by atoms with E-state index in [0.29, 0.717) is 12.1 Å². The highest BCUT2D eigenvalue weighted by molar-refractivity contribution is 5.93. The van der Waals surface area contributed by atoms with Crippen LogP contribution in [-0.2, 0) is 6.54 Å². The van der Waals surface area contributed by atoms with Crippen LogP contribution >= 0.6 is 0 Å². The summed E-state index contributed by atoms with van der Waals surface area (Å²) in [4.78, 5) is 24.1. The van der Waals surface area contributed by atoms with E-state index in [9.17, 15) is 4.79 Å². The van der Waals surface area contributed by atoms with Crippen molar-refractivity contribution < 1.29 is 4.79 Å². The third kappa shape index (κ3) is 2.69. The molecule has 0 saturated carbocycles. The van der Waals surface area contributed by atoms with E-state index in [2.05, 4.69) is 27.0 Å². The van der Waals surface area contributed by atoms with E-state index in [-0.39, 0.29) is 11.9 Å². The molecular formula is C14H20N6O. The Morgan fingerprint density at radius 3 is 3.00 bits per heavy atom. The lowest BCUT2D eigenvalue weighted by Gasteiger charge is -2.38. The van der Waals surface area contributed by atoms with Crippen molar-refractivity contribution in [1.82, 2.24) is 29.5 Å². The number of hydrogen-bond acceptors (Lipinski definition) is 4. The number of imidazole rings is 1. The summed E-state index contributed by atoms with van der Waals surface area (Å²) in [6.45, 7) is 4.97. The molecule has 1 saturated heterocycles. The fourth-order valence-electron chi connectivity index (χ4n) is 2.64. The highest BCUT2D eigenvalue weighted by atomic mass is 16.2. The summed E-state index contributed by atoms with van der Waals surface area (Å²) in [5.41, 5.74) is 0.652. The molecule has 7 nitrogen and oxygen atoms in total. The molecule has 1 aliphatic heterocycles. The van der Waals surface area contributed by atoms with Gasteiger partial charge in [-0.2, -0.15) is 5.10 Å². The maximum atomic E-state index is 12.6. The molecule has 0 bridgehead atoms. The fraction of sp³-hybridized carbons (Fsp3) is 0.500. The molecular weight excluding hydrogens is 268 g/mol. The van der Waals surface area contributed by atoms with E-state index in [4.69, 9.17) is 0 Å². The highest BCUT2D eigenvalue weighted by Crippen LogP contribution is 2.22. The minimum atomic E-state index is 0.0411. The lowest BCUT2D eigenvalue weighted by molar-refractivity contribution is 0.0534. The first kappa shape index (κ1) is 13.8. The van der Waals surface area contributed by atoms with Crippen LogP contribution in [0.2, 0.25) is 0 Å². The van der Waals surface area contributed by atoms with Crippen molar-refractivity contribution in [2.75, 3.05) is 26.7 Å². The van der Waals surface area contributed by atoms with Gasteiger partial charge in [-0.25, -0.2) is 4.98 Å². The average Bonchev–Trinajstić information content (AvgIpc) is 3.18. The molecule has 0 aliphatic carbocycles. The first-order valence-electron chi connectivity index (χ1n) is 7.20. The van der Waals surface area contributed by atoms with Gasteiger partial charge in [-0.3, -0.25) is 14.4 Å². The van der Waals surface area contributed by atoms with Gasteiger partial charge in [0.1, 0.15) is 5.82 Å². The maximum absolute atomic E-state index is 12.6. The van der Waals surface area contributed by atoms with Crippen LogP contribution < -0.4 is 0 Å². The normalized spacial score (nSPS) is 19.9. The van der Waals surface area contributed by atoms with Crippen molar-refractivity contribution in [3.8, 4) is 0 Å². The molecule has 7 heteroatoms. The number of amides is 1. The number of aromatic nitrogens is 4. The summed E-state index contributed by atoms with van der Waals surface area (Å²) in [5.74, 6) is 0.943. The molecule has 1 N–H and O–H groups in total. The lowest BCUT2D eigenvalue weighted by Crippen LogP contribution is -2.49. The number of carbonyl (C=O) groups is 1. The van der Waals surface area contributed by atoms with E-state index in [0.717, 1.165) is 25.5 Å². The zero-order chi connectivity index (χ0) is 14.8. The van der Waals surface area contributed by atoms with Gasteiger partial charge in [0, 0.05) is 44.8 Å². The Balaban J connectivity index is 1.75. The largest absolute Gasteiger partial charge is 0.347 e. The molecule has 1 fully saturated rings. The van der Waals surface area contributed by atoms with Gasteiger partial charge in [-0.15, -0.1) is 0 Å². The molecule has 3 rings (SSSR count). The number of likely N-dealkylation sites (N-methyl/N-ethyl adjacent to an activating group) is 1. The number of piperazine rings is 1. The van der Waals surface area contributed by atoms with E-state index in [1.54, 1.807) is 17.1 Å². The molecule has 1 aliphatic rings. The minimum Gasteiger partial charge on any atom is -0.347 e. The second-order valence-electron chi connectivity index (χ2n) is 5.31. The number of aryl methyl sites for hydroxylation is 1. The zero-order valence-electron chi connectivity index (χ0n) is 12.4. The van der Waals surface area contributed by atoms with Crippen molar-refractivity contribution in [1.29, 1.82) is 0 Å². The third-order valence-corrected chi connectivity index (χ3v) is 3.97. The van der Waals surface area contributed by atoms with Crippen LogP contribution in [0.3, 0.4) is 0 Å². The van der Waals surface area contributed by atoms with Gasteiger partial charge in [-0.05, 0) is 14.0 Å². The van der Waals surface area contributed by atoms with E-state index in [1.807, 2.05) is 24.2 Å². The van der Waals surface area contributed by atoms with Crippen LogP contribution in [0.25, 0.3) is 0 Å². The Morgan fingerprint density at radius 1 is 1.48 bits per heavy atom. The Morgan fingerprint density at radius 2 is 2.33 bits per heavy atom. The molecule has 2 aromatic heterocycles. The number of rotatable bonds is 3. The first-order chi connectivity index (χ1) is 10.2. The number of nitrogens with one attached hydrogen (secondary N) is 1. The number of carbonyl (C=O) groups excluding carboxylic acids is 1. The fourth-order valence-corrected chi connectivity index (χ4v) is 2.64. The summed E-state index contributed by atoms with van der Waals surface area (Å²) >= 11 is 0.